The summed E-state index contributed by atoms with van der Waals surface area (Å²) in [6.07, 6.45) is -0.889. The van der Waals surface area contributed by atoms with Gasteiger partial charge in [0.1, 0.15) is 0 Å². The van der Waals surface area contributed by atoms with Crippen LogP contribution in [-0.2, 0) is 9.53 Å². The number of nitro groups is 1. The van der Waals surface area contributed by atoms with Crippen molar-refractivity contribution in [2.24, 2.45) is 0 Å². The second kappa shape index (κ2) is 7.07. The number of amides is 2. The van der Waals surface area contributed by atoms with Gasteiger partial charge < -0.3 is 9.47 Å². The number of hydrogen-bond donors (Lipinski definition) is 1. The van der Waals surface area contributed by atoms with Gasteiger partial charge in [-0.15, -0.1) is 0 Å². The Labute approximate surface area is 114 Å². The summed E-state index contributed by atoms with van der Waals surface area (Å²) in [4.78, 5) is 32.5. The molecule has 0 bridgehead atoms. The van der Waals surface area contributed by atoms with Crippen molar-refractivity contribution in [3.63, 3.8) is 0 Å². The van der Waals surface area contributed by atoms with E-state index >= 15 is 0 Å². The van der Waals surface area contributed by atoms with Crippen LogP contribution in [0.15, 0.2) is 18.2 Å². The van der Waals surface area contributed by atoms with Crippen LogP contribution in [0.1, 0.15) is 12.5 Å². The Bertz CT molecular complexity index is 529. The van der Waals surface area contributed by atoms with Gasteiger partial charge in [0.05, 0.1) is 11.5 Å². The first-order valence-corrected chi connectivity index (χ1v) is 5.78. The maximum Gasteiger partial charge on any atom is 0.413 e. The fourth-order valence-corrected chi connectivity index (χ4v) is 1.35. The zero-order valence-electron chi connectivity index (χ0n) is 11.0. The van der Waals surface area contributed by atoms with Crippen LogP contribution in [0.25, 0.3) is 0 Å². The van der Waals surface area contributed by atoms with Crippen LogP contribution in [0.3, 0.4) is 0 Å². The van der Waals surface area contributed by atoms with E-state index in [4.69, 9.17) is 4.74 Å². The van der Waals surface area contributed by atoms with E-state index in [9.17, 15) is 19.7 Å². The van der Waals surface area contributed by atoms with E-state index in [1.54, 1.807) is 19.9 Å². The molecule has 0 atom stereocenters. The van der Waals surface area contributed by atoms with E-state index in [0.717, 1.165) is 0 Å². The lowest BCUT2D eigenvalue weighted by atomic mass is 10.2. The summed E-state index contributed by atoms with van der Waals surface area (Å²) in [5.74, 6) is -0.794. The van der Waals surface area contributed by atoms with Crippen molar-refractivity contribution in [3.8, 4) is 5.75 Å². The predicted octanol–water partition coefficient (Wildman–Crippen LogP) is 1.55. The number of aryl methyl sites for hydroxylation is 1. The molecule has 0 saturated carbocycles. The summed E-state index contributed by atoms with van der Waals surface area (Å²) in [5, 5.41) is 12.7. The van der Waals surface area contributed by atoms with Crippen LogP contribution >= 0.6 is 0 Å². The maximum atomic E-state index is 11.3. The topological polar surface area (TPSA) is 108 Å². The summed E-state index contributed by atoms with van der Waals surface area (Å²) in [5.41, 5.74) is 0.453. The Morgan fingerprint density at radius 3 is 2.70 bits per heavy atom. The van der Waals surface area contributed by atoms with Gasteiger partial charge in [-0.2, -0.15) is 0 Å². The summed E-state index contributed by atoms with van der Waals surface area (Å²) in [6.45, 7) is 2.90. The van der Waals surface area contributed by atoms with Gasteiger partial charge in [0.2, 0.25) is 0 Å². The Morgan fingerprint density at radius 2 is 2.10 bits per heavy atom. The lowest BCUT2D eigenvalue weighted by molar-refractivity contribution is -0.385. The molecule has 1 aromatic rings. The van der Waals surface area contributed by atoms with Gasteiger partial charge in [0.25, 0.3) is 5.91 Å². The highest BCUT2D eigenvalue weighted by atomic mass is 16.6. The number of imide groups is 1. The highest BCUT2D eigenvalue weighted by molar-refractivity contribution is 5.92. The van der Waals surface area contributed by atoms with Gasteiger partial charge >= 0.3 is 11.8 Å². The van der Waals surface area contributed by atoms with Crippen molar-refractivity contribution in [2.45, 2.75) is 13.8 Å². The first-order valence-electron chi connectivity index (χ1n) is 5.78. The first-order chi connectivity index (χ1) is 9.43. The fourth-order valence-electron chi connectivity index (χ4n) is 1.35. The van der Waals surface area contributed by atoms with Gasteiger partial charge in [0.15, 0.2) is 12.4 Å². The van der Waals surface area contributed by atoms with Crippen molar-refractivity contribution >= 4 is 17.7 Å². The van der Waals surface area contributed by atoms with E-state index in [2.05, 4.69) is 4.74 Å². The summed E-state index contributed by atoms with van der Waals surface area (Å²) < 4.78 is 9.54. The number of nitrogens with zero attached hydrogens (tertiary/aromatic N) is 1. The van der Waals surface area contributed by atoms with Gasteiger partial charge in [0, 0.05) is 6.07 Å². The monoisotopic (exact) mass is 282 g/mol. The zero-order chi connectivity index (χ0) is 15.1. The van der Waals surface area contributed by atoms with Crippen molar-refractivity contribution in [2.75, 3.05) is 13.2 Å². The molecule has 8 nitrogen and oxygen atoms in total. The molecule has 8 heteroatoms. The summed E-state index contributed by atoms with van der Waals surface area (Å²) in [6, 6.07) is 4.34. The molecule has 1 rings (SSSR count). The third-order valence-corrected chi connectivity index (χ3v) is 2.19. The average Bonchev–Trinajstić information content (AvgIpc) is 2.37. The van der Waals surface area contributed by atoms with Crippen molar-refractivity contribution in [3.05, 3.63) is 33.9 Å². The quantitative estimate of drug-likeness (QED) is 0.648. The largest absolute Gasteiger partial charge is 0.477 e. The molecular formula is C12H14N2O6. The standard InChI is InChI=1S/C12H14N2O6/c1-3-19-12(16)13-11(15)7-20-10-5-4-8(2)6-9(10)14(17)18/h4-6H,3,7H2,1-2H3,(H,13,15,16). The molecule has 20 heavy (non-hydrogen) atoms. The SMILES string of the molecule is CCOC(=O)NC(=O)COc1ccc(C)cc1[N+](=O)[O-]. The predicted molar refractivity (Wildman–Crippen MR) is 68.5 cm³/mol. The summed E-state index contributed by atoms with van der Waals surface area (Å²) >= 11 is 0. The van der Waals surface area contributed by atoms with Crippen molar-refractivity contribution < 1.29 is 24.0 Å². The number of carbonyl (C=O) groups excluding carboxylic acids is 2. The molecule has 0 radical (unpaired) electrons. The van der Waals surface area contributed by atoms with Crippen LogP contribution in [0.5, 0.6) is 5.75 Å². The fraction of sp³-hybridized carbons (Fsp3) is 0.333. The molecule has 0 aliphatic carbocycles. The number of benzene rings is 1. The summed E-state index contributed by atoms with van der Waals surface area (Å²) in [7, 11) is 0. The number of alkyl carbamates (subject to hydrolysis) is 1. The Balaban J connectivity index is 2.64. The normalized spacial score (nSPS) is 9.70. The molecule has 0 spiro atoms. The van der Waals surface area contributed by atoms with Gasteiger partial charge in [-0.25, -0.2) is 4.79 Å². The molecular weight excluding hydrogens is 268 g/mol. The van der Waals surface area contributed by atoms with Crippen LogP contribution < -0.4 is 10.1 Å². The molecule has 1 aromatic carbocycles. The van der Waals surface area contributed by atoms with Crippen LogP contribution in [-0.4, -0.2) is 30.1 Å². The Kier molecular flexibility index (Phi) is 5.45. The number of ether oxygens (including phenoxy) is 2. The molecule has 0 aliphatic heterocycles. The van der Waals surface area contributed by atoms with E-state index in [-0.39, 0.29) is 18.0 Å². The number of nitro benzene ring substituents is 1. The third kappa shape index (κ3) is 4.56. The molecule has 0 aromatic heterocycles. The lowest BCUT2D eigenvalue weighted by Crippen LogP contribution is -2.34. The zero-order valence-corrected chi connectivity index (χ0v) is 11.0. The molecule has 0 saturated heterocycles. The number of rotatable bonds is 5. The minimum Gasteiger partial charge on any atom is -0.477 e. The van der Waals surface area contributed by atoms with Crippen LogP contribution in [0.2, 0.25) is 0 Å². The number of nitrogens with one attached hydrogen (secondary N) is 1. The maximum absolute atomic E-state index is 11.3. The Morgan fingerprint density at radius 1 is 1.40 bits per heavy atom. The van der Waals surface area contributed by atoms with Crippen LogP contribution in [0, 0.1) is 17.0 Å². The second-order valence-electron chi connectivity index (χ2n) is 3.79. The molecule has 0 heterocycles. The minimum atomic E-state index is -0.889. The van der Waals surface area contributed by atoms with E-state index in [1.807, 2.05) is 5.32 Å². The molecule has 108 valence electrons. The molecule has 0 unspecified atom stereocenters. The van der Waals surface area contributed by atoms with Gasteiger partial charge in [-0.3, -0.25) is 20.2 Å². The molecule has 1 N–H and O–H groups in total. The van der Waals surface area contributed by atoms with E-state index in [0.29, 0.717) is 5.56 Å². The first kappa shape index (κ1) is 15.4. The number of carbonyl (C=O) groups is 2. The highest BCUT2D eigenvalue weighted by Gasteiger charge is 2.17. The van der Waals surface area contributed by atoms with Crippen molar-refractivity contribution in [1.29, 1.82) is 0 Å². The van der Waals surface area contributed by atoms with Crippen LogP contribution in [0.4, 0.5) is 10.5 Å². The lowest BCUT2D eigenvalue weighted by Gasteiger charge is -2.07. The smallest absolute Gasteiger partial charge is 0.413 e. The number of hydrogen-bond acceptors (Lipinski definition) is 6. The third-order valence-electron chi connectivity index (χ3n) is 2.19. The van der Waals surface area contributed by atoms with E-state index < -0.39 is 23.5 Å². The second-order valence-corrected chi connectivity index (χ2v) is 3.79. The Hall–Kier alpha value is -2.64. The molecule has 0 fully saturated rings. The molecule has 0 aliphatic rings. The van der Waals surface area contributed by atoms with Gasteiger partial charge in [-0.05, 0) is 25.5 Å². The average molecular weight is 282 g/mol. The van der Waals surface area contributed by atoms with Crippen molar-refractivity contribution in [1.82, 2.24) is 5.32 Å². The van der Waals surface area contributed by atoms with Gasteiger partial charge in [-0.1, -0.05) is 6.07 Å². The van der Waals surface area contributed by atoms with E-state index in [1.165, 1.54) is 12.1 Å². The molecule has 2 amide bonds. The minimum absolute atomic E-state index is 0.0420. The highest BCUT2D eigenvalue weighted by Crippen LogP contribution is 2.27.